The molecule has 112 valence electrons. The summed E-state index contributed by atoms with van der Waals surface area (Å²) in [5, 5.41) is 3.31. The van der Waals surface area contributed by atoms with Gasteiger partial charge in [0, 0.05) is 19.6 Å². The maximum atomic E-state index is 5.56. The maximum Gasteiger partial charge on any atom is 0.204 e. The molecule has 20 heavy (non-hydrogen) atoms. The van der Waals surface area contributed by atoms with E-state index in [0.717, 1.165) is 49.4 Å². The van der Waals surface area contributed by atoms with Crippen LogP contribution in [-0.2, 0) is 0 Å². The molecule has 2 rings (SSSR count). The van der Waals surface area contributed by atoms with Gasteiger partial charge in [-0.1, -0.05) is 20.8 Å². The molecule has 0 radical (unpaired) electrons. The molecule has 1 aliphatic heterocycles. The van der Waals surface area contributed by atoms with Crippen molar-refractivity contribution in [1.29, 1.82) is 0 Å². The quantitative estimate of drug-likeness (QED) is 0.897. The molecule has 1 fully saturated rings. The molecule has 2 unspecified atom stereocenters. The molecule has 5 nitrogen and oxygen atoms in total. The maximum absolute atomic E-state index is 5.56. The third-order valence-corrected chi connectivity index (χ3v) is 4.17. The van der Waals surface area contributed by atoms with Crippen LogP contribution >= 0.6 is 0 Å². The van der Waals surface area contributed by atoms with Crippen LogP contribution in [-0.4, -0.2) is 36.7 Å². The summed E-state index contributed by atoms with van der Waals surface area (Å²) in [4.78, 5) is 11.1. The SMILES string of the molecule is CCCNc1ncnc(N2CCC(C)C(C)C2)c1OC. The van der Waals surface area contributed by atoms with E-state index in [0.29, 0.717) is 5.92 Å². The van der Waals surface area contributed by atoms with Gasteiger partial charge in [0.25, 0.3) is 0 Å². The van der Waals surface area contributed by atoms with Gasteiger partial charge in [0.2, 0.25) is 5.75 Å². The summed E-state index contributed by atoms with van der Waals surface area (Å²) in [7, 11) is 1.69. The zero-order valence-corrected chi connectivity index (χ0v) is 13.0. The van der Waals surface area contributed by atoms with Crippen LogP contribution < -0.4 is 15.0 Å². The highest BCUT2D eigenvalue weighted by atomic mass is 16.5. The highest BCUT2D eigenvalue weighted by Crippen LogP contribution is 2.35. The average molecular weight is 278 g/mol. The third-order valence-electron chi connectivity index (χ3n) is 4.17. The minimum absolute atomic E-state index is 0.676. The van der Waals surface area contributed by atoms with Crippen molar-refractivity contribution in [3.05, 3.63) is 6.33 Å². The number of nitrogens with one attached hydrogen (secondary N) is 1. The van der Waals surface area contributed by atoms with Crippen LogP contribution in [0, 0.1) is 11.8 Å². The standard InChI is InChI=1S/C15H26N4O/c1-5-7-16-14-13(20-4)15(18-10-17-14)19-8-6-11(2)12(3)9-19/h10-12H,5-9H2,1-4H3,(H,16,17,18). The van der Waals surface area contributed by atoms with Crippen molar-refractivity contribution in [3.8, 4) is 5.75 Å². The molecule has 2 atom stereocenters. The molecule has 1 aromatic heterocycles. The summed E-state index contributed by atoms with van der Waals surface area (Å²) in [6, 6.07) is 0. The van der Waals surface area contributed by atoms with Crippen LogP contribution in [0.5, 0.6) is 5.75 Å². The Hall–Kier alpha value is -1.52. The Bertz CT molecular complexity index is 438. The number of hydrogen-bond acceptors (Lipinski definition) is 5. The summed E-state index contributed by atoms with van der Waals surface area (Å²) in [5.74, 6) is 3.93. The van der Waals surface area contributed by atoms with E-state index in [1.54, 1.807) is 13.4 Å². The Morgan fingerprint density at radius 2 is 2.15 bits per heavy atom. The van der Waals surface area contributed by atoms with Crippen LogP contribution in [0.2, 0.25) is 0 Å². The van der Waals surface area contributed by atoms with Crippen LogP contribution in [0.25, 0.3) is 0 Å². The third kappa shape index (κ3) is 3.14. The molecule has 5 heteroatoms. The molecule has 1 saturated heterocycles. The van der Waals surface area contributed by atoms with Crippen LogP contribution in [0.15, 0.2) is 6.33 Å². The lowest BCUT2D eigenvalue weighted by Crippen LogP contribution is -2.39. The first-order valence-electron chi connectivity index (χ1n) is 7.55. The van der Waals surface area contributed by atoms with Crippen LogP contribution in [0.1, 0.15) is 33.6 Å². The number of aromatic nitrogens is 2. The second-order valence-electron chi connectivity index (χ2n) is 5.70. The van der Waals surface area contributed by atoms with Crippen molar-refractivity contribution < 1.29 is 4.74 Å². The fourth-order valence-electron chi connectivity index (χ4n) is 2.60. The molecule has 0 spiro atoms. The Kier molecular flexibility index (Phi) is 5.04. The lowest BCUT2D eigenvalue weighted by atomic mass is 9.89. The van der Waals surface area contributed by atoms with Gasteiger partial charge in [-0.3, -0.25) is 0 Å². The van der Waals surface area contributed by atoms with Gasteiger partial charge in [0.1, 0.15) is 6.33 Å². The molecule has 1 N–H and O–H groups in total. The van der Waals surface area contributed by atoms with Gasteiger partial charge >= 0.3 is 0 Å². The van der Waals surface area contributed by atoms with Crippen molar-refractivity contribution in [2.75, 3.05) is 37.0 Å². The van der Waals surface area contributed by atoms with E-state index in [1.807, 2.05) is 0 Å². The Balaban J connectivity index is 2.22. The van der Waals surface area contributed by atoms with Gasteiger partial charge in [0.05, 0.1) is 7.11 Å². The number of nitrogens with zero attached hydrogens (tertiary/aromatic N) is 3. The highest BCUT2D eigenvalue weighted by Gasteiger charge is 2.26. The van der Waals surface area contributed by atoms with E-state index >= 15 is 0 Å². The minimum atomic E-state index is 0.676. The predicted molar refractivity (Wildman–Crippen MR) is 82.5 cm³/mol. The zero-order chi connectivity index (χ0) is 14.5. The van der Waals surface area contributed by atoms with E-state index in [2.05, 4.69) is 41.0 Å². The first-order valence-corrected chi connectivity index (χ1v) is 7.55. The smallest absolute Gasteiger partial charge is 0.204 e. The summed E-state index contributed by atoms with van der Waals surface area (Å²) in [5.41, 5.74) is 0. The van der Waals surface area contributed by atoms with Crippen molar-refractivity contribution in [2.24, 2.45) is 11.8 Å². The largest absolute Gasteiger partial charge is 0.490 e. The first-order chi connectivity index (χ1) is 9.67. The van der Waals surface area contributed by atoms with Crippen LogP contribution in [0.3, 0.4) is 0 Å². The zero-order valence-electron chi connectivity index (χ0n) is 13.0. The second kappa shape index (κ2) is 6.77. The van der Waals surface area contributed by atoms with Gasteiger partial charge in [-0.15, -0.1) is 0 Å². The van der Waals surface area contributed by atoms with Gasteiger partial charge in [-0.25, -0.2) is 9.97 Å². The molecular formula is C15H26N4O. The monoisotopic (exact) mass is 278 g/mol. The lowest BCUT2D eigenvalue weighted by molar-refractivity contribution is 0.319. The fraction of sp³-hybridized carbons (Fsp3) is 0.733. The van der Waals surface area contributed by atoms with E-state index < -0.39 is 0 Å². The van der Waals surface area contributed by atoms with E-state index in [9.17, 15) is 0 Å². The van der Waals surface area contributed by atoms with Crippen molar-refractivity contribution in [3.63, 3.8) is 0 Å². The molecule has 0 aromatic carbocycles. The predicted octanol–water partition coefficient (Wildman–Crippen LogP) is 2.79. The Labute approximate surface area is 121 Å². The lowest BCUT2D eigenvalue weighted by Gasteiger charge is -2.36. The fourth-order valence-corrected chi connectivity index (χ4v) is 2.60. The Morgan fingerprint density at radius 3 is 2.80 bits per heavy atom. The number of ether oxygens (including phenoxy) is 1. The molecule has 0 aliphatic carbocycles. The normalized spacial score (nSPS) is 22.7. The first kappa shape index (κ1) is 14.9. The van der Waals surface area contributed by atoms with Gasteiger partial charge < -0.3 is 15.0 Å². The van der Waals surface area contributed by atoms with Gasteiger partial charge in [-0.05, 0) is 24.7 Å². The van der Waals surface area contributed by atoms with Crippen LogP contribution in [0.4, 0.5) is 11.6 Å². The van der Waals surface area contributed by atoms with Gasteiger partial charge in [0.15, 0.2) is 11.6 Å². The number of anilines is 2. The van der Waals surface area contributed by atoms with Crippen molar-refractivity contribution in [1.82, 2.24) is 9.97 Å². The number of piperidine rings is 1. The Morgan fingerprint density at radius 1 is 1.35 bits per heavy atom. The molecule has 0 bridgehead atoms. The summed E-state index contributed by atoms with van der Waals surface area (Å²) in [6.07, 6.45) is 3.88. The molecular weight excluding hydrogens is 252 g/mol. The summed E-state index contributed by atoms with van der Waals surface area (Å²) < 4.78 is 5.56. The van der Waals surface area contributed by atoms with E-state index in [4.69, 9.17) is 4.74 Å². The van der Waals surface area contributed by atoms with Gasteiger partial charge in [-0.2, -0.15) is 0 Å². The minimum Gasteiger partial charge on any atom is -0.490 e. The summed E-state index contributed by atoms with van der Waals surface area (Å²) in [6.45, 7) is 9.72. The van der Waals surface area contributed by atoms with Crippen molar-refractivity contribution in [2.45, 2.75) is 33.6 Å². The number of rotatable bonds is 5. The number of hydrogen-bond donors (Lipinski definition) is 1. The second-order valence-corrected chi connectivity index (χ2v) is 5.70. The molecule has 0 saturated carbocycles. The highest BCUT2D eigenvalue weighted by molar-refractivity contribution is 5.64. The average Bonchev–Trinajstić information content (AvgIpc) is 2.47. The topological polar surface area (TPSA) is 50.3 Å². The van der Waals surface area contributed by atoms with E-state index in [1.165, 1.54) is 6.42 Å². The molecule has 1 aliphatic rings. The van der Waals surface area contributed by atoms with Crippen molar-refractivity contribution >= 4 is 11.6 Å². The molecule has 2 heterocycles. The molecule has 1 aromatic rings. The molecule has 0 amide bonds. The number of methoxy groups -OCH3 is 1. The summed E-state index contributed by atoms with van der Waals surface area (Å²) >= 11 is 0. The van der Waals surface area contributed by atoms with E-state index in [-0.39, 0.29) is 0 Å².